The van der Waals surface area contributed by atoms with Crippen LogP contribution >= 0.6 is 0 Å². The third-order valence-corrected chi connectivity index (χ3v) is 5.49. The monoisotopic (exact) mass is 309 g/mol. The molecule has 1 N–H and O–H groups in total. The zero-order chi connectivity index (χ0) is 15.6. The van der Waals surface area contributed by atoms with E-state index < -0.39 is 21.9 Å². The van der Waals surface area contributed by atoms with Gasteiger partial charge in [0, 0.05) is 19.3 Å². The summed E-state index contributed by atoms with van der Waals surface area (Å²) in [6.07, 6.45) is 1.81. The Balaban J connectivity index is 2.24. The number of hydrogen-bond donors (Lipinski definition) is 1. The molecule has 21 heavy (non-hydrogen) atoms. The first-order valence-electron chi connectivity index (χ1n) is 6.46. The molecule has 2 heterocycles. The van der Waals surface area contributed by atoms with Gasteiger partial charge in [-0.15, -0.1) is 0 Å². The van der Waals surface area contributed by atoms with E-state index in [2.05, 4.69) is 4.98 Å². The van der Waals surface area contributed by atoms with Gasteiger partial charge >= 0.3 is 5.97 Å². The Morgan fingerprint density at radius 2 is 2.10 bits per heavy atom. The van der Waals surface area contributed by atoms with Crippen molar-refractivity contribution in [1.82, 2.24) is 9.29 Å². The largest absolute Gasteiger partial charge is 0.481 e. The van der Waals surface area contributed by atoms with Crippen molar-refractivity contribution in [2.45, 2.75) is 24.7 Å². The van der Waals surface area contributed by atoms with Crippen molar-refractivity contribution in [2.24, 2.45) is 5.92 Å². The van der Waals surface area contributed by atoms with Gasteiger partial charge in [-0.3, -0.25) is 9.78 Å². The van der Waals surface area contributed by atoms with Crippen LogP contribution in [0.1, 0.15) is 24.1 Å². The molecule has 0 atom stereocenters. The van der Waals surface area contributed by atoms with Crippen LogP contribution < -0.4 is 0 Å². The summed E-state index contributed by atoms with van der Waals surface area (Å²) in [5.74, 6) is -1.39. The second-order valence-electron chi connectivity index (χ2n) is 4.93. The minimum atomic E-state index is -3.73. The number of aliphatic carboxylic acids is 1. The second-order valence-corrected chi connectivity index (χ2v) is 6.87. The van der Waals surface area contributed by atoms with Gasteiger partial charge in [0.15, 0.2) is 0 Å². The number of hydrogen-bond acceptors (Lipinski definition) is 5. The average molecular weight is 309 g/mol. The molecule has 1 aromatic rings. The Morgan fingerprint density at radius 3 is 2.62 bits per heavy atom. The van der Waals surface area contributed by atoms with Gasteiger partial charge in [-0.05, 0) is 25.8 Å². The van der Waals surface area contributed by atoms with Crippen LogP contribution in [0.3, 0.4) is 0 Å². The predicted octanol–water partition coefficient (Wildman–Crippen LogP) is 0.747. The Kier molecular flexibility index (Phi) is 4.25. The van der Waals surface area contributed by atoms with E-state index in [4.69, 9.17) is 10.4 Å². The molecule has 1 aromatic heterocycles. The normalized spacial score (nSPS) is 17.3. The van der Waals surface area contributed by atoms with Gasteiger partial charge in [-0.2, -0.15) is 9.57 Å². The van der Waals surface area contributed by atoms with Crippen molar-refractivity contribution in [2.75, 3.05) is 13.1 Å². The molecule has 1 aliphatic rings. The Bertz CT molecular complexity index is 701. The summed E-state index contributed by atoms with van der Waals surface area (Å²) >= 11 is 0. The molecular formula is C13H15N3O4S. The van der Waals surface area contributed by atoms with E-state index in [0.717, 1.165) is 0 Å². The predicted molar refractivity (Wildman–Crippen MR) is 72.8 cm³/mol. The third kappa shape index (κ3) is 3.04. The van der Waals surface area contributed by atoms with Crippen LogP contribution in [0, 0.1) is 24.2 Å². The highest BCUT2D eigenvalue weighted by atomic mass is 32.2. The van der Waals surface area contributed by atoms with Gasteiger partial charge in [0.05, 0.1) is 17.2 Å². The van der Waals surface area contributed by atoms with Crippen LogP contribution in [0.25, 0.3) is 0 Å². The van der Waals surface area contributed by atoms with Gasteiger partial charge in [0.1, 0.15) is 11.0 Å². The lowest BCUT2D eigenvalue weighted by molar-refractivity contribution is -0.142. The quantitative estimate of drug-likeness (QED) is 0.881. The molecule has 0 bridgehead atoms. The van der Waals surface area contributed by atoms with Crippen molar-refractivity contribution < 1.29 is 18.3 Å². The highest BCUT2D eigenvalue weighted by Crippen LogP contribution is 2.24. The molecule has 0 spiro atoms. The Labute approximate surface area is 122 Å². The van der Waals surface area contributed by atoms with Crippen LogP contribution in [0.4, 0.5) is 0 Å². The van der Waals surface area contributed by atoms with Crippen LogP contribution in [-0.2, 0) is 14.8 Å². The number of carboxylic acid groups (broad SMARTS) is 1. The number of nitriles is 1. The summed E-state index contributed by atoms with van der Waals surface area (Å²) in [6, 6.07) is 3.22. The van der Waals surface area contributed by atoms with Crippen molar-refractivity contribution in [1.29, 1.82) is 5.26 Å². The minimum Gasteiger partial charge on any atom is -0.481 e. The molecule has 0 aliphatic carbocycles. The van der Waals surface area contributed by atoms with Gasteiger partial charge in [-0.25, -0.2) is 8.42 Å². The fourth-order valence-electron chi connectivity index (χ4n) is 2.26. The summed E-state index contributed by atoms with van der Waals surface area (Å²) in [5.41, 5.74) is 0.692. The molecule has 0 amide bonds. The zero-order valence-corrected chi connectivity index (χ0v) is 12.3. The summed E-state index contributed by atoms with van der Waals surface area (Å²) in [5, 5.41) is 17.9. The van der Waals surface area contributed by atoms with Crippen molar-refractivity contribution in [3.8, 4) is 6.07 Å². The molecular weight excluding hydrogens is 294 g/mol. The number of aryl methyl sites for hydroxylation is 1. The maximum absolute atomic E-state index is 12.5. The number of rotatable bonds is 3. The number of carbonyl (C=O) groups is 1. The lowest BCUT2D eigenvalue weighted by Crippen LogP contribution is -2.40. The van der Waals surface area contributed by atoms with E-state index in [9.17, 15) is 13.2 Å². The maximum Gasteiger partial charge on any atom is 0.306 e. The van der Waals surface area contributed by atoms with Gasteiger partial charge in [-0.1, -0.05) is 0 Å². The van der Waals surface area contributed by atoms with E-state index in [1.807, 2.05) is 6.07 Å². The average Bonchev–Trinajstić information content (AvgIpc) is 2.47. The first kappa shape index (κ1) is 15.4. The topological polar surface area (TPSA) is 111 Å². The lowest BCUT2D eigenvalue weighted by Gasteiger charge is -2.29. The third-order valence-electron chi connectivity index (χ3n) is 3.62. The smallest absolute Gasteiger partial charge is 0.306 e. The standard InChI is InChI=1S/C13H15N3O4S/c1-9-11(7-14)6-12(8-15-9)21(19,20)16-4-2-10(3-5-16)13(17)18/h6,8,10H,2-5H2,1H3,(H,17,18). The Morgan fingerprint density at radius 1 is 1.48 bits per heavy atom. The Hall–Kier alpha value is -1.98. The highest BCUT2D eigenvalue weighted by Gasteiger charge is 2.32. The van der Waals surface area contributed by atoms with Gasteiger partial charge in [0.25, 0.3) is 0 Å². The molecule has 0 saturated carbocycles. The highest BCUT2D eigenvalue weighted by molar-refractivity contribution is 7.89. The number of carboxylic acids is 1. The second kappa shape index (κ2) is 5.79. The lowest BCUT2D eigenvalue weighted by atomic mass is 9.99. The number of nitrogens with zero attached hydrogens (tertiary/aromatic N) is 3. The summed E-state index contributed by atoms with van der Waals surface area (Å²) in [7, 11) is -3.73. The van der Waals surface area contributed by atoms with Crippen molar-refractivity contribution in [3.63, 3.8) is 0 Å². The molecule has 1 aliphatic heterocycles. The number of pyridine rings is 1. The molecule has 1 fully saturated rings. The number of sulfonamides is 1. The summed E-state index contributed by atoms with van der Waals surface area (Å²) in [6.45, 7) is 1.96. The molecule has 0 radical (unpaired) electrons. The van der Waals surface area contributed by atoms with Crippen LogP contribution in [-0.4, -0.2) is 41.9 Å². The van der Waals surface area contributed by atoms with E-state index in [-0.39, 0.29) is 23.5 Å². The first-order chi connectivity index (χ1) is 9.86. The van der Waals surface area contributed by atoms with E-state index in [1.54, 1.807) is 6.92 Å². The molecule has 0 aromatic carbocycles. The first-order valence-corrected chi connectivity index (χ1v) is 7.90. The molecule has 2 rings (SSSR count). The van der Waals surface area contributed by atoms with E-state index >= 15 is 0 Å². The van der Waals surface area contributed by atoms with Crippen molar-refractivity contribution >= 4 is 16.0 Å². The maximum atomic E-state index is 12.5. The van der Waals surface area contributed by atoms with Gasteiger partial charge < -0.3 is 5.11 Å². The summed E-state index contributed by atoms with van der Waals surface area (Å²) < 4.78 is 26.2. The molecule has 0 unspecified atom stereocenters. The summed E-state index contributed by atoms with van der Waals surface area (Å²) in [4.78, 5) is 14.8. The molecule has 112 valence electrons. The minimum absolute atomic E-state index is 0.0292. The van der Waals surface area contributed by atoms with Gasteiger partial charge in [0.2, 0.25) is 10.0 Å². The fourth-order valence-corrected chi connectivity index (χ4v) is 3.70. The number of piperidine rings is 1. The van der Waals surface area contributed by atoms with Crippen molar-refractivity contribution in [3.05, 3.63) is 23.5 Å². The zero-order valence-electron chi connectivity index (χ0n) is 11.5. The molecule has 8 heteroatoms. The van der Waals surface area contributed by atoms with Crippen LogP contribution in [0.15, 0.2) is 17.2 Å². The fraction of sp³-hybridized carbons (Fsp3) is 0.462. The van der Waals surface area contributed by atoms with Crippen LogP contribution in [0.5, 0.6) is 0 Å². The number of aromatic nitrogens is 1. The SMILES string of the molecule is Cc1ncc(S(=O)(=O)N2CCC(C(=O)O)CC2)cc1C#N. The van der Waals surface area contributed by atoms with E-state index in [1.165, 1.54) is 16.6 Å². The van der Waals surface area contributed by atoms with Crippen LogP contribution in [0.2, 0.25) is 0 Å². The molecule has 7 nitrogen and oxygen atoms in total. The molecule has 1 saturated heterocycles. The van der Waals surface area contributed by atoms with E-state index in [0.29, 0.717) is 18.5 Å².